The number of rotatable bonds is 3. The Labute approximate surface area is 178 Å². The lowest BCUT2D eigenvalue weighted by Gasteiger charge is -2.34. The van der Waals surface area contributed by atoms with Crippen molar-refractivity contribution in [1.82, 2.24) is 0 Å². The Kier molecular flexibility index (Phi) is 4.82. The van der Waals surface area contributed by atoms with Crippen molar-refractivity contribution in [1.29, 1.82) is 0 Å². The number of hydrogen-bond donors (Lipinski definition) is 1. The molecule has 3 atom stereocenters. The van der Waals surface area contributed by atoms with E-state index in [1.165, 1.54) is 0 Å². The van der Waals surface area contributed by atoms with Crippen molar-refractivity contribution in [3.05, 3.63) is 65.0 Å². The van der Waals surface area contributed by atoms with Crippen LogP contribution in [0.3, 0.4) is 0 Å². The van der Waals surface area contributed by atoms with Gasteiger partial charge in [0.25, 0.3) is 5.60 Å². The van der Waals surface area contributed by atoms with E-state index in [1.807, 2.05) is 0 Å². The maximum Gasteiger partial charge on any atom is 0.430 e. The first kappa shape index (κ1) is 23.0. The molecule has 0 spiro atoms. The van der Waals surface area contributed by atoms with Crippen LogP contribution in [0, 0.1) is 17.7 Å². The third-order valence-corrected chi connectivity index (χ3v) is 9.46. The Bertz CT molecular complexity index is 1160. The second kappa shape index (κ2) is 6.69. The summed E-state index contributed by atoms with van der Waals surface area (Å²) in [5.74, 6) is -1.50. The molecule has 32 heavy (non-hydrogen) atoms. The number of aryl methyl sites for hydroxylation is 1. The number of benzene rings is 2. The zero-order chi connectivity index (χ0) is 23.9. The normalized spacial score (nSPS) is 25.8. The van der Waals surface area contributed by atoms with Gasteiger partial charge >= 0.3 is 12.4 Å². The standard InChI is InChI=1S/C21H17F7O3S/c1-11-16-8-2-12-10-13(19(29,20(23,24)25)21(26,27)28)3-9-17(12)18(11,16)32(30,31)15-6-4-14(22)5-7-15/h3-7,9-11,16,29H,2,8H2,1H3. The van der Waals surface area contributed by atoms with Gasteiger partial charge in [-0.15, -0.1) is 0 Å². The summed E-state index contributed by atoms with van der Waals surface area (Å²) >= 11 is 0. The number of alkyl halides is 6. The summed E-state index contributed by atoms with van der Waals surface area (Å²) < 4.78 is 118. The monoisotopic (exact) mass is 482 g/mol. The molecule has 2 aromatic carbocycles. The van der Waals surface area contributed by atoms with Gasteiger partial charge in [0.05, 0.1) is 4.90 Å². The van der Waals surface area contributed by atoms with Gasteiger partial charge in [-0.25, -0.2) is 12.8 Å². The average molecular weight is 482 g/mol. The second-order valence-corrected chi connectivity index (χ2v) is 10.4. The van der Waals surface area contributed by atoms with Crippen molar-refractivity contribution < 1.29 is 44.3 Å². The average Bonchev–Trinajstić information content (AvgIpc) is 3.32. The number of fused-ring (bicyclic) bond motifs is 3. The molecule has 1 fully saturated rings. The lowest BCUT2D eigenvalue weighted by molar-refractivity contribution is -0.376. The summed E-state index contributed by atoms with van der Waals surface area (Å²) in [7, 11) is -4.15. The molecule has 0 amide bonds. The summed E-state index contributed by atoms with van der Waals surface area (Å²) in [6, 6.07) is 6.10. The lowest BCUT2D eigenvalue weighted by Crippen LogP contribution is -2.54. The molecule has 3 unspecified atom stereocenters. The van der Waals surface area contributed by atoms with Gasteiger partial charge in [0.15, 0.2) is 9.84 Å². The maximum atomic E-state index is 13.5. The van der Waals surface area contributed by atoms with E-state index in [-0.39, 0.29) is 34.8 Å². The van der Waals surface area contributed by atoms with Crippen LogP contribution in [0.15, 0.2) is 47.4 Å². The highest BCUT2D eigenvalue weighted by atomic mass is 32.2. The van der Waals surface area contributed by atoms with E-state index >= 15 is 0 Å². The van der Waals surface area contributed by atoms with E-state index in [2.05, 4.69) is 0 Å². The fraction of sp³-hybridized carbons (Fsp3) is 0.429. The molecule has 0 bridgehead atoms. The predicted molar refractivity (Wildman–Crippen MR) is 98.7 cm³/mol. The number of hydrogen-bond acceptors (Lipinski definition) is 3. The molecule has 174 valence electrons. The van der Waals surface area contributed by atoms with Gasteiger partial charge in [-0.3, -0.25) is 0 Å². The van der Waals surface area contributed by atoms with E-state index in [0.29, 0.717) is 12.1 Å². The SMILES string of the molecule is CC1C2CCc3cc(C(O)(C(F)(F)F)C(F)(F)F)ccc3C12S(=O)(=O)c1ccc(F)cc1. The molecule has 0 aliphatic heterocycles. The Hall–Kier alpha value is -2.14. The van der Waals surface area contributed by atoms with Crippen molar-refractivity contribution in [3.8, 4) is 0 Å². The lowest BCUT2D eigenvalue weighted by atomic mass is 9.84. The molecule has 0 radical (unpaired) electrons. The predicted octanol–water partition coefficient (Wildman–Crippen LogP) is 5.02. The van der Waals surface area contributed by atoms with Crippen LogP contribution >= 0.6 is 0 Å². The molecule has 0 saturated heterocycles. The molecule has 1 saturated carbocycles. The Morgan fingerprint density at radius 3 is 2.06 bits per heavy atom. The van der Waals surface area contributed by atoms with Crippen molar-refractivity contribution in [2.75, 3.05) is 0 Å². The minimum absolute atomic E-state index is 0.000659. The number of sulfone groups is 1. The van der Waals surface area contributed by atoms with Gasteiger partial charge in [-0.2, -0.15) is 26.3 Å². The molecule has 11 heteroatoms. The van der Waals surface area contributed by atoms with E-state index < -0.39 is 49.8 Å². The topological polar surface area (TPSA) is 54.4 Å². The summed E-state index contributed by atoms with van der Waals surface area (Å²) in [6.45, 7) is 1.65. The minimum atomic E-state index is -6.04. The highest BCUT2D eigenvalue weighted by molar-refractivity contribution is 7.92. The smallest absolute Gasteiger partial charge is 0.369 e. The van der Waals surface area contributed by atoms with Crippen molar-refractivity contribution in [2.45, 2.75) is 47.4 Å². The molecule has 1 N–H and O–H groups in total. The largest absolute Gasteiger partial charge is 0.430 e. The first-order valence-electron chi connectivity index (χ1n) is 9.60. The zero-order valence-electron chi connectivity index (χ0n) is 16.4. The van der Waals surface area contributed by atoms with E-state index in [4.69, 9.17) is 0 Å². The Morgan fingerprint density at radius 1 is 0.969 bits per heavy atom. The van der Waals surface area contributed by atoms with E-state index in [0.717, 1.165) is 30.3 Å². The van der Waals surface area contributed by atoms with Crippen LogP contribution in [0.5, 0.6) is 0 Å². The highest BCUT2D eigenvalue weighted by Gasteiger charge is 2.74. The summed E-state index contributed by atoms with van der Waals surface area (Å²) in [5.41, 5.74) is -6.40. The summed E-state index contributed by atoms with van der Waals surface area (Å²) in [4.78, 5) is -0.188. The maximum absolute atomic E-state index is 13.5. The Morgan fingerprint density at radius 2 is 1.53 bits per heavy atom. The fourth-order valence-corrected chi connectivity index (χ4v) is 7.81. The van der Waals surface area contributed by atoms with Crippen molar-refractivity contribution in [2.24, 2.45) is 11.8 Å². The van der Waals surface area contributed by atoms with Gasteiger partial charge in [0.1, 0.15) is 10.6 Å². The molecular formula is C21H17F7O3S. The van der Waals surface area contributed by atoms with Crippen LogP contribution < -0.4 is 0 Å². The third kappa shape index (κ3) is 2.79. The number of halogens is 7. The first-order valence-corrected chi connectivity index (χ1v) is 11.1. The molecule has 0 aromatic heterocycles. The van der Waals surface area contributed by atoms with Gasteiger partial charge in [-0.05, 0) is 60.1 Å². The first-order chi connectivity index (χ1) is 14.6. The van der Waals surface area contributed by atoms with Gasteiger partial charge in [-0.1, -0.05) is 25.1 Å². The molecule has 2 aromatic rings. The minimum Gasteiger partial charge on any atom is -0.369 e. The third-order valence-electron chi connectivity index (χ3n) is 6.78. The van der Waals surface area contributed by atoms with Crippen LogP contribution in [0.1, 0.15) is 30.0 Å². The second-order valence-electron chi connectivity index (χ2n) is 8.26. The van der Waals surface area contributed by atoms with E-state index in [1.54, 1.807) is 6.92 Å². The van der Waals surface area contributed by atoms with Gasteiger partial charge < -0.3 is 5.11 Å². The molecule has 3 nitrogen and oxygen atoms in total. The quantitative estimate of drug-likeness (QED) is 0.494. The fourth-order valence-electron chi connectivity index (χ4n) is 5.13. The van der Waals surface area contributed by atoms with Crippen molar-refractivity contribution >= 4 is 9.84 Å². The molecule has 2 aliphatic carbocycles. The zero-order valence-corrected chi connectivity index (χ0v) is 17.2. The van der Waals surface area contributed by atoms with Gasteiger partial charge in [0.2, 0.25) is 0 Å². The van der Waals surface area contributed by atoms with Gasteiger partial charge in [0, 0.05) is 5.56 Å². The molecule has 2 aliphatic rings. The van der Waals surface area contributed by atoms with Crippen LogP contribution in [-0.2, 0) is 26.6 Å². The summed E-state index contributed by atoms with van der Waals surface area (Å²) in [6.07, 6.45) is -11.8. The Balaban J connectivity index is 1.89. The van der Waals surface area contributed by atoms with Crippen LogP contribution in [0.25, 0.3) is 0 Å². The molecular weight excluding hydrogens is 465 g/mol. The molecule has 4 rings (SSSR count). The van der Waals surface area contributed by atoms with Crippen LogP contribution in [0.2, 0.25) is 0 Å². The molecule has 0 heterocycles. The highest BCUT2D eigenvalue weighted by Crippen LogP contribution is 2.69. The van der Waals surface area contributed by atoms with Crippen LogP contribution in [-0.4, -0.2) is 25.9 Å². The summed E-state index contributed by atoms with van der Waals surface area (Å²) in [5, 5.41) is 9.71. The van der Waals surface area contributed by atoms with Crippen molar-refractivity contribution in [3.63, 3.8) is 0 Å². The number of aliphatic hydroxyl groups is 1. The van der Waals surface area contributed by atoms with E-state index in [9.17, 15) is 44.3 Å². The van der Waals surface area contributed by atoms with Crippen LogP contribution in [0.4, 0.5) is 30.7 Å².